The van der Waals surface area contributed by atoms with Gasteiger partial charge in [-0.2, -0.15) is 0 Å². The molecular formula is C11H21ClN2O2. The summed E-state index contributed by atoms with van der Waals surface area (Å²) in [7, 11) is 0. The predicted molar refractivity (Wildman–Crippen MR) is 64.9 cm³/mol. The zero-order valence-electron chi connectivity index (χ0n) is 9.78. The molecule has 2 heterocycles. The maximum atomic E-state index is 11.9. The number of nitrogens with zero attached hydrogens (tertiary/aromatic N) is 1. The van der Waals surface area contributed by atoms with E-state index < -0.39 is 0 Å². The Labute approximate surface area is 103 Å². The third-order valence-corrected chi connectivity index (χ3v) is 3.15. The number of rotatable bonds is 2. The molecule has 0 spiro atoms. The Hall–Kier alpha value is -0.320. The minimum Gasteiger partial charge on any atom is -0.378 e. The molecule has 0 bridgehead atoms. The van der Waals surface area contributed by atoms with Gasteiger partial charge in [-0.15, -0.1) is 12.4 Å². The standard InChI is InChI=1S/C11H20N2O2.ClH/c1-9-8-13(5-4-12-9)11(14)7-10-3-2-6-15-10;/h9-10,12H,2-8H2,1H3;1H/t9-,10?;/m1./s1. The van der Waals surface area contributed by atoms with Crippen molar-refractivity contribution in [1.82, 2.24) is 10.2 Å². The van der Waals surface area contributed by atoms with Crippen LogP contribution in [0.15, 0.2) is 0 Å². The van der Waals surface area contributed by atoms with E-state index in [1.165, 1.54) is 0 Å². The van der Waals surface area contributed by atoms with Gasteiger partial charge in [0.2, 0.25) is 5.91 Å². The van der Waals surface area contributed by atoms with Crippen molar-refractivity contribution in [3.8, 4) is 0 Å². The molecule has 2 rings (SSSR count). The minimum absolute atomic E-state index is 0. The van der Waals surface area contributed by atoms with E-state index in [2.05, 4.69) is 12.2 Å². The van der Waals surface area contributed by atoms with Crippen molar-refractivity contribution in [1.29, 1.82) is 0 Å². The van der Waals surface area contributed by atoms with Crippen LogP contribution >= 0.6 is 12.4 Å². The van der Waals surface area contributed by atoms with Crippen molar-refractivity contribution >= 4 is 18.3 Å². The van der Waals surface area contributed by atoms with E-state index in [4.69, 9.17) is 4.74 Å². The maximum absolute atomic E-state index is 11.9. The van der Waals surface area contributed by atoms with E-state index in [0.717, 1.165) is 39.1 Å². The lowest BCUT2D eigenvalue weighted by molar-refractivity contribution is -0.134. The Morgan fingerprint density at radius 1 is 1.56 bits per heavy atom. The number of carbonyl (C=O) groups excluding carboxylic acids is 1. The second kappa shape index (κ2) is 6.42. The first-order valence-electron chi connectivity index (χ1n) is 5.88. The van der Waals surface area contributed by atoms with Gasteiger partial charge < -0.3 is 15.0 Å². The summed E-state index contributed by atoms with van der Waals surface area (Å²) in [5.74, 6) is 0.259. The number of halogens is 1. The zero-order valence-corrected chi connectivity index (χ0v) is 10.6. The monoisotopic (exact) mass is 248 g/mol. The van der Waals surface area contributed by atoms with E-state index >= 15 is 0 Å². The summed E-state index contributed by atoms with van der Waals surface area (Å²) >= 11 is 0. The first-order valence-corrected chi connectivity index (χ1v) is 5.88. The van der Waals surface area contributed by atoms with Crippen LogP contribution in [0.4, 0.5) is 0 Å². The lowest BCUT2D eigenvalue weighted by Crippen LogP contribution is -2.51. The van der Waals surface area contributed by atoms with Gasteiger partial charge in [0.1, 0.15) is 0 Å². The molecule has 0 aliphatic carbocycles. The summed E-state index contributed by atoms with van der Waals surface area (Å²) < 4.78 is 5.48. The fraction of sp³-hybridized carbons (Fsp3) is 0.909. The summed E-state index contributed by atoms with van der Waals surface area (Å²) in [4.78, 5) is 13.9. The highest BCUT2D eigenvalue weighted by Gasteiger charge is 2.25. The highest BCUT2D eigenvalue weighted by atomic mass is 35.5. The third-order valence-electron chi connectivity index (χ3n) is 3.15. The maximum Gasteiger partial charge on any atom is 0.225 e. The van der Waals surface area contributed by atoms with Gasteiger partial charge in [-0.25, -0.2) is 0 Å². The van der Waals surface area contributed by atoms with E-state index in [0.29, 0.717) is 12.5 Å². The lowest BCUT2D eigenvalue weighted by Gasteiger charge is -2.32. The number of hydrogen-bond acceptors (Lipinski definition) is 3. The Bertz CT molecular complexity index is 232. The molecule has 0 aromatic carbocycles. The number of hydrogen-bond donors (Lipinski definition) is 1. The lowest BCUT2D eigenvalue weighted by atomic mass is 10.1. The Kier molecular flexibility index (Phi) is 5.52. The number of piperazine rings is 1. The van der Waals surface area contributed by atoms with Gasteiger partial charge in [-0.3, -0.25) is 4.79 Å². The molecule has 1 unspecified atom stereocenters. The average molecular weight is 249 g/mol. The van der Waals surface area contributed by atoms with Gasteiger partial charge in [0.25, 0.3) is 0 Å². The molecule has 0 aromatic heterocycles. The predicted octanol–water partition coefficient (Wildman–Crippen LogP) is 0.798. The van der Waals surface area contributed by atoms with Crippen LogP contribution in [0.1, 0.15) is 26.2 Å². The van der Waals surface area contributed by atoms with Gasteiger partial charge in [0.05, 0.1) is 12.5 Å². The molecule has 16 heavy (non-hydrogen) atoms. The molecule has 2 aliphatic heterocycles. The van der Waals surface area contributed by atoms with Crippen LogP contribution in [-0.4, -0.2) is 49.2 Å². The molecule has 2 aliphatic rings. The molecule has 1 amide bonds. The van der Waals surface area contributed by atoms with Crippen LogP contribution in [-0.2, 0) is 9.53 Å². The average Bonchev–Trinajstić information content (AvgIpc) is 2.70. The van der Waals surface area contributed by atoms with Gasteiger partial charge in [0, 0.05) is 32.3 Å². The molecule has 5 heteroatoms. The number of ether oxygens (including phenoxy) is 1. The summed E-state index contributed by atoms with van der Waals surface area (Å²) in [6.45, 7) is 5.54. The quantitative estimate of drug-likeness (QED) is 0.786. The largest absolute Gasteiger partial charge is 0.378 e. The number of amides is 1. The highest BCUT2D eigenvalue weighted by Crippen LogP contribution is 2.16. The van der Waals surface area contributed by atoms with E-state index in [1.54, 1.807) is 0 Å². The van der Waals surface area contributed by atoms with Gasteiger partial charge >= 0.3 is 0 Å². The second-order valence-corrected chi connectivity index (χ2v) is 4.53. The smallest absolute Gasteiger partial charge is 0.225 e. The summed E-state index contributed by atoms with van der Waals surface area (Å²) in [5, 5.41) is 3.34. The fourth-order valence-electron chi connectivity index (χ4n) is 2.29. The van der Waals surface area contributed by atoms with E-state index in [9.17, 15) is 4.79 Å². The van der Waals surface area contributed by atoms with Gasteiger partial charge in [-0.1, -0.05) is 0 Å². The van der Waals surface area contributed by atoms with Crippen LogP contribution in [0.2, 0.25) is 0 Å². The molecule has 2 saturated heterocycles. The molecule has 0 saturated carbocycles. The van der Waals surface area contributed by atoms with E-state index in [-0.39, 0.29) is 24.4 Å². The summed E-state index contributed by atoms with van der Waals surface area (Å²) in [6.07, 6.45) is 2.92. The molecule has 94 valence electrons. The Balaban J connectivity index is 0.00000128. The summed E-state index contributed by atoms with van der Waals surface area (Å²) in [5.41, 5.74) is 0. The molecule has 2 atom stereocenters. The fourth-order valence-corrected chi connectivity index (χ4v) is 2.29. The molecule has 2 fully saturated rings. The van der Waals surface area contributed by atoms with Crippen molar-refractivity contribution in [3.05, 3.63) is 0 Å². The molecule has 4 nitrogen and oxygen atoms in total. The Morgan fingerprint density at radius 3 is 3.00 bits per heavy atom. The van der Waals surface area contributed by atoms with Crippen LogP contribution < -0.4 is 5.32 Å². The highest BCUT2D eigenvalue weighted by molar-refractivity contribution is 5.85. The SMILES string of the molecule is C[C@@H]1CN(C(=O)CC2CCCO2)CCN1.Cl. The normalized spacial score (nSPS) is 29.9. The first kappa shape index (κ1) is 13.7. The first-order chi connectivity index (χ1) is 7.25. The van der Waals surface area contributed by atoms with Crippen molar-refractivity contribution in [2.24, 2.45) is 0 Å². The van der Waals surface area contributed by atoms with Crippen LogP contribution in [0, 0.1) is 0 Å². The molecule has 1 N–H and O–H groups in total. The molecular weight excluding hydrogens is 228 g/mol. The third kappa shape index (κ3) is 3.61. The van der Waals surface area contributed by atoms with Gasteiger partial charge in [0.15, 0.2) is 0 Å². The van der Waals surface area contributed by atoms with Crippen molar-refractivity contribution in [2.75, 3.05) is 26.2 Å². The van der Waals surface area contributed by atoms with E-state index in [1.807, 2.05) is 4.90 Å². The van der Waals surface area contributed by atoms with Gasteiger partial charge in [-0.05, 0) is 19.8 Å². The molecule has 0 aromatic rings. The number of nitrogens with one attached hydrogen (secondary N) is 1. The second-order valence-electron chi connectivity index (χ2n) is 4.53. The van der Waals surface area contributed by atoms with Crippen molar-refractivity contribution in [3.63, 3.8) is 0 Å². The van der Waals surface area contributed by atoms with Crippen LogP contribution in [0.3, 0.4) is 0 Å². The Morgan fingerprint density at radius 2 is 2.38 bits per heavy atom. The van der Waals surface area contributed by atoms with Crippen LogP contribution in [0.25, 0.3) is 0 Å². The topological polar surface area (TPSA) is 41.6 Å². The minimum atomic E-state index is 0. The van der Waals surface area contributed by atoms with Crippen molar-refractivity contribution in [2.45, 2.75) is 38.3 Å². The number of carbonyl (C=O) groups is 1. The zero-order chi connectivity index (χ0) is 10.7. The summed E-state index contributed by atoms with van der Waals surface area (Å²) in [6, 6.07) is 0.423. The van der Waals surface area contributed by atoms with Crippen LogP contribution in [0.5, 0.6) is 0 Å². The van der Waals surface area contributed by atoms with Crippen molar-refractivity contribution < 1.29 is 9.53 Å². The molecule has 0 radical (unpaired) electrons.